The van der Waals surface area contributed by atoms with Crippen LogP contribution in [0.3, 0.4) is 0 Å². The summed E-state index contributed by atoms with van der Waals surface area (Å²) in [4.78, 5) is 38.1. The van der Waals surface area contributed by atoms with E-state index in [1.807, 2.05) is 32.9 Å². The molecule has 2 saturated heterocycles. The van der Waals surface area contributed by atoms with Gasteiger partial charge in [0, 0.05) is 23.6 Å². The van der Waals surface area contributed by atoms with Gasteiger partial charge in [-0.25, -0.2) is 4.79 Å². The smallest absolute Gasteiger partial charge is 0.410 e. The fourth-order valence-corrected chi connectivity index (χ4v) is 4.43. The van der Waals surface area contributed by atoms with E-state index >= 15 is 0 Å². The molecule has 146 valence electrons. The Balaban J connectivity index is 1.91. The van der Waals surface area contributed by atoms with Crippen LogP contribution >= 0.6 is 0 Å². The monoisotopic (exact) mass is 373 g/mol. The van der Waals surface area contributed by atoms with Crippen molar-refractivity contribution < 1.29 is 23.9 Å². The maximum atomic E-state index is 12.8. The third-order valence-corrected chi connectivity index (χ3v) is 5.50. The summed E-state index contributed by atoms with van der Waals surface area (Å²) >= 11 is 0. The fourth-order valence-electron chi connectivity index (χ4n) is 4.43. The van der Waals surface area contributed by atoms with Gasteiger partial charge in [-0.2, -0.15) is 0 Å². The van der Waals surface area contributed by atoms with Gasteiger partial charge in [0.1, 0.15) is 11.9 Å². The van der Waals surface area contributed by atoms with Crippen LogP contribution in [0.15, 0.2) is 24.3 Å². The van der Waals surface area contributed by atoms with E-state index in [1.54, 1.807) is 17.0 Å². The Morgan fingerprint density at radius 1 is 1.15 bits per heavy atom. The number of carbonyl (C=O) groups is 3. The van der Waals surface area contributed by atoms with Gasteiger partial charge >= 0.3 is 12.1 Å². The number of benzene rings is 1. The van der Waals surface area contributed by atoms with Gasteiger partial charge in [-0.1, -0.05) is 24.3 Å². The molecule has 0 saturated carbocycles. The van der Waals surface area contributed by atoms with E-state index in [2.05, 4.69) is 0 Å². The van der Waals surface area contributed by atoms with E-state index in [9.17, 15) is 14.4 Å². The van der Waals surface area contributed by atoms with Crippen LogP contribution in [0, 0.1) is 5.92 Å². The molecule has 2 fully saturated rings. The Morgan fingerprint density at radius 3 is 2.37 bits per heavy atom. The number of hydrogen-bond donors (Lipinski definition) is 0. The highest BCUT2D eigenvalue weighted by Crippen LogP contribution is 2.47. The molecule has 0 spiro atoms. The number of aldehydes is 1. The van der Waals surface area contributed by atoms with E-state index < -0.39 is 11.5 Å². The molecule has 0 radical (unpaired) electrons. The molecule has 4 atom stereocenters. The van der Waals surface area contributed by atoms with Crippen molar-refractivity contribution in [2.45, 2.75) is 63.6 Å². The first-order valence-electron chi connectivity index (χ1n) is 9.39. The highest BCUT2D eigenvalue weighted by molar-refractivity contribution is 5.78. The van der Waals surface area contributed by atoms with Gasteiger partial charge in [0.15, 0.2) is 0 Å². The van der Waals surface area contributed by atoms with E-state index in [-0.39, 0.29) is 30.1 Å². The third-order valence-electron chi connectivity index (χ3n) is 5.50. The van der Waals surface area contributed by atoms with Crippen molar-refractivity contribution in [3.05, 3.63) is 35.4 Å². The number of fused-ring (bicyclic) bond motifs is 2. The zero-order valence-corrected chi connectivity index (χ0v) is 16.3. The van der Waals surface area contributed by atoms with Gasteiger partial charge < -0.3 is 14.4 Å². The zero-order chi connectivity index (χ0) is 19.8. The van der Waals surface area contributed by atoms with Gasteiger partial charge in [0.05, 0.1) is 13.0 Å². The van der Waals surface area contributed by atoms with Crippen LogP contribution in [-0.2, 0) is 14.3 Å². The maximum Gasteiger partial charge on any atom is 0.410 e. The Bertz CT molecular complexity index is 721. The second kappa shape index (κ2) is 7.33. The van der Waals surface area contributed by atoms with Crippen LogP contribution in [0.2, 0.25) is 0 Å². The standard InChI is InChI=1S/C21H27NO5/c1-21(2,3)27-20(25)22-15-9-10-17(22)18(19(24)26-4)16(11-15)14-7-5-13(12-23)6-8-14/h5-8,12,15-18H,9-11H2,1-4H3/t15-,16+,17+,18-/m0/s1. The largest absolute Gasteiger partial charge is 0.469 e. The average Bonchev–Trinajstić information content (AvgIpc) is 2.94. The molecule has 27 heavy (non-hydrogen) atoms. The van der Waals surface area contributed by atoms with Crippen LogP contribution in [-0.4, -0.2) is 48.0 Å². The molecule has 2 heterocycles. The Labute approximate surface area is 159 Å². The molecular weight excluding hydrogens is 346 g/mol. The van der Waals surface area contributed by atoms with Crippen LogP contribution in [0.25, 0.3) is 0 Å². The van der Waals surface area contributed by atoms with Crippen LogP contribution < -0.4 is 0 Å². The molecule has 6 nitrogen and oxygen atoms in total. The van der Waals surface area contributed by atoms with Gasteiger partial charge in [-0.15, -0.1) is 0 Å². The van der Waals surface area contributed by atoms with E-state index in [0.29, 0.717) is 12.0 Å². The first kappa shape index (κ1) is 19.4. The summed E-state index contributed by atoms with van der Waals surface area (Å²) in [6.07, 6.45) is 2.72. The SMILES string of the molecule is COC(=O)[C@H]1[C@@H](c2ccc(C=O)cc2)C[C@@H]2CC[C@H]1N2C(=O)OC(C)(C)C. The lowest BCUT2D eigenvalue weighted by Gasteiger charge is -2.43. The summed E-state index contributed by atoms with van der Waals surface area (Å²) in [5.41, 5.74) is 1.01. The zero-order valence-electron chi connectivity index (χ0n) is 16.3. The number of methoxy groups -OCH3 is 1. The molecule has 3 rings (SSSR count). The van der Waals surface area contributed by atoms with Crippen molar-refractivity contribution in [3.63, 3.8) is 0 Å². The molecule has 2 bridgehead atoms. The number of ether oxygens (including phenoxy) is 2. The van der Waals surface area contributed by atoms with Crippen molar-refractivity contribution in [2.75, 3.05) is 7.11 Å². The molecule has 2 aliphatic heterocycles. The minimum absolute atomic E-state index is 0.0431. The fraction of sp³-hybridized carbons (Fsp3) is 0.571. The van der Waals surface area contributed by atoms with Gasteiger partial charge in [0.2, 0.25) is 0 Å². The van der Waals surface area contributed by atoms with Gasteiger partial charge in [0.25, 0.3) is 0 Å². The van der Waals surface area contributed by atoms with Crippen LogP contribution in [0.4, 0.5) is 4.79 Å². The molecule has 1 amide bonds. The van der Waals surface area contributed by atoms with Crippen molar-refractivity contribution in [2.24, 2.45) is 5.92 Å². The Kier molecular flexibility index (Phi) is 5.27. The summed E-state index contributed by atoms with van der Waals surface area (Å²) in [5, 5.41) is 0. The number of esters is 1. The van der Waals surface area contributed by atoms with Crippen LogP contribution in [0.5, 0.6) is 0 Å². The number of rotatable bonds is 3. The Hall–Kier alpha value is -2.37. The molecular formula is C21H27NO5. The molecule has 0 unspecified atom stereocenters. The lowest BCUT2D eigenvalue weighted by Crippen LogP contribution is -2.54. The minimum atomic E-state index is -0.585. The summed E-state index contributed by atoms with van der Waals surface area (Å²) < 4.78 is 10.7. The molecule has 1 aromatic carbocycles. The average molecular weight is 373 g/mol. The lowest BCUT2D eigenvalue weighted by molar-refractivity contribution is -0.150. The highest BCUT2D eigenvalue weighted by atomic mass is 16.6. The summed E-state index contributed by atoms with van der Waals surface area (Å²) in [7, 11) is 1.38. The van der Waals surface area contributed by atoms with E-state index in [0.717, 1.165) is 24.7 Å². The first-order chi connectivity index (χ1) is 12.7. The topological polar surface area (TPSA) is 72.9 Å². The molecule has 6 heteroatoms. The minimum Gasteiger partial charge on any atom is -0.469 e. The van der Waals surface area contributed by atoms with Gasteiger partial charge in [-0.3, -0.25) is 9.59 Å². The number of nitrogens with zero attached hydrogens (tertiary/aromatic N) is 1. The number of piperidine rings is 1. The quantitative estimate of drug-likeness (QED) is 0.598. The second-order valence-electron chi connectivity index (χ2n) is 8.36. The summed E-state index contributed by atoms with van der Waals surface area (Å²) in [6.45, 7) is 5.52. The number of carbonyl (C=O) groups excluding carboxylic acids is 3. The highest BCUT2D eigenvalue weighted by Gasteiger charge is 2.53. The van der Waals surface area contributed by atoms with Gasteiger partial charge in [-0.05, 0) is 45.6 Å². The molecule has 0 aliphatic carbocycles. The van der Waals surface area contributed by atoms with E-state index in [4.69, 9.17) is 9.47 Å². The van der Waals surface area contributed by atoms with Crippen LogP contribution in [0.1, 0.15) is 61.9 Å². The van der Waals surface area contributed by atoms with Crippen molar-refractivity contribution >= 4 is 18.3 Å². The predicted molar refractivity (Wildman–Crippen MR) is 99.6 cm³/mol. The maximum absolute atomic E-state index is 12.8. The second-order valence-corrected chi connectivity index (χ2v) is 8.36. The predicted octanol–water partition coefficient (Wildman–Crippen LogP) is 3.54. The van der Waals surface area contributed by atoms with E-state index in [1.165, 1.54) is 7.11 Å². The van der Waals surface area contributed by atoms with Crippen molar-refractivity contribution in [3.8, 4) is 0 Å². The van der Waals surface area contributed by atoms with Crippen molar-refractivity contribution in [1.29, 1.82) is 0 Å². The molecule has 2 aliphatic rings. The summed E-state index contributed by atoms with van der Waals surface area (Å²) in [5.74, 6) is -0.795. The number of hydrogen-bond acceptors (Lipinski definition) is 5. The lowest BCUT2D eigenvalue weighted by atomic mass is 9.76. The molecule has 0 aromatic heterocycles. The Morgan fingerprint density at radius 2 is 1.81 bits per heavy atom. The normalized spacial score (nSPS) is 27.2. The molecule has 1 aromatic rings. The number of amides is 1. The summed E-state index contributed by atoms with van der Waals surface area (Å²) in [6, 6.07) is 7.13. The van der Waals surface area contributed by atoms with Crippen molar-refractivity contribution in [1.82, 2.24) is 4.90 Å². The first-order valence-corrected chi connectivity index (χ1v) is 9.39. The third kappa shape index (κ3) is 3.84. The molecule has 0 N–H and O–H groups in total.